The third-order valence-corrected chi connectivity index (χ3v) is 1.97. The monoisotopic (exact) mass is 217 g/mol. The molecule has 0 aromatic heterocycles. The Bertz CT molecular complexity index is 206. The van der Waals surface area contributed by atoms with Crippen molar-refractivity contribution in [1.29, 1.82) is 0 Å². The minimum Gasteiger partial charge on any atom is -0.480 e. The normalized spacial score (nSPS) is 10.0. The van der Waals surface area contributed by atoms with Crippen molar-refractivity contribution >= 4 is 11.9 Å². The maximum absolute atomic E-state index is 11.5. The Morgan fingerprint density at radius 1 is 1.27 bits per heavy atom. The Hall–Kier alpha value is -1.10. The predicted octanol–water partition coefficient (Wildman–Crippen LogP) is 0.736. The van der Waals surface area contributed by atoms with Gasteiger partial charge in [0, 0.05) is 13.1 Å². The second-order valence-electron chi connectivity index (χ2n) is 3.21. The Morgan fingerprint density at radius 2 is 1.93 bits per heavy atom. The number of hydrogen-bond donors (Lipinski definition) is 1. The number of hydrogen-bond acceptors (Lipinski definition) is 3. The van der Waals surface area contributed by atoms with Crippen LogP contribution in [0.5, 0.6) is 0 Å². The van der Waals surface area contributed by atoms with Crippen LogP contribution in [0, 0.1) is 0 Å². The van der Waals surface area contributed by atoms with Gasteiger partial charge in [-0.05, 0) is 13.3 Å². The third-order valence-electron chi connectivity index (χ3n) is 1.97. The molecule has 0 spiro atoms. The van der Waals surface area contributed by atoms with E-state index in [0.29, 0.717) is 13.1 Å². The van der Waals surface area contributed by atoms with Gasteiger partial charge in [0.25, 0.3) is 0 Å². The lowest BCUT2D eigenvalue weighted by molar-refractivity contribution is -0.145. The second-order valence-corrected chi connectivity index (χ2v) is 3.21. The van der Waals surface area contributed by atoms with E-state index in [-0.39, 0.29) is 12.5 Å². The minimum absolute atomic E-state index is 0.146. The number of nitrogens with zero attached hydrogens (tertiary/aromatic N) is 1. The molecule has 0 bridgehead atoms. The molecular weight excluding hydrogens is 198 g/mol. The molecule has 0 saturated carbocycles. The van der Waals surface area contributed by atoms with Gasteiger partial charge < -0.3 is 14.7 Å². The summed E-state index contributed by atoms with van der Waals surface area (Å²) < 4.78 is 4.73. The van der Waals surface area contributed by atoms with Gasteiger partial charge in [0.15, 0.2) is 0 Å². The lowest BCUT2D eigenvalue weighted by atomic mass is 10.3. The van der Waals surface area contributed by atoms with Crippen molar-refractivity contribution in [3.05, 3.63) is 0 Å². The SMILES string of the molecule is CCCCN(CC)C(=O)COCC(=O)O. The summed E-state index contributed by atoms with van der Waals surface area (Å²) in [6.45, 7) is 4.72. The molecule has 0 aliphatic rings. The van der Waals surface area contributed by atoms with Gasteiger partial charge in [-0.1, -0.05) is 13.3 Å². The highest BCUT2D eigenvalue weighted by Gasteiger charge is 2.11. The number of carboxylic acids is 1. The van der Waals surface area contributed by atoms with Crippen LogP contribution in [-0.4, -0.2) is 48.2 Å². The number of ether oxygens (including phenoxy) is 1. The molecule has 0 saturated heterocycles. The van der Waals surface area contributed by atoms with Gasteiger partial charge in [0.2, 0.25) is 5.91 Å². The Kier molecular flexibility index (Phi) is 7.62. The van der Waals surface area contributed by atoms with Crippen LogP contribution in [0.2, 0.25) is 0 Å². The average Bonchev–Trinajstić information content (AvgIpc) is 2.18. The predicted molar refractivity (Wildman–Crippen MR) is 55.6 cm³/mol. The van der Waals surface area contributed by atoms with E-state index in [4.69, 9.17) is 9.84 Å². The van der Waals surface area contributed by atoms with Crippen LogP contribution in [0.1, 0.15) is 26.7 Å². The molecule has 0 heterocycles. The van der Waals surface area contributed by atoms with Crippen molar-refractivity contribution in [2.45, 2.75) is 26.7 Å². The molecule has 0 unspecified atom stereocenters. The van der Waals surface area contributed by atoms with Crippen LogP contribution in [0.4, 0.5) is 0 Å². The third kappa shape index (κ3) is 6.90. The van der Waals surface area contributed by atoms with Crippen LogP contribution in [-0.2, 0) is 14.3 Å². The van der Waals surface area contributed by atoms with E-state index in [0.717, 1.165) is 12.8 Å². The van der Waals surface area contributed by atoms with Gasteiger partial charge in [-0.15, -0.1) is 0 Å². The van der Waals surface area contributed by atoms with E-state index >= 15 is 0 Å². The smallest absolute Gasteiger partial charge is 0.329 e. The number of aliphatic carboxylic acids is 1. The van der Waals surface area contributed by atoms with Crippen LogP contribution < -0.4 is 0 Å². The van der Waals surface area contributed by atoms with E-state index in [1.807, 2.05) is 6.92 Å². The first-order valence-corrected chi connectivity index (χ1v) is 5.19. The van der Waals surface area contributed by atoms with Crippen LogP contribution in [0.25, 0.3) is 0 Å². The van der Waals surface area contributed by atoms with Crippen LogP contribution in [0.15, 0.2) is 0 Å². The van der Waals surface area contributed by atoms with E-state index in [1.54, 1.807) is 4.90 Å². The summed E-state index contributed by atoms with van der Waals surface area (Å²) in [5, 5.41) is 8.31. The van der Waals surface area contributed by atoms with Gasteiger partial charge in [0.05, 0.1) is 0 Å². The van der Waals surface area contributed by atoms with Gasteiger partial charge >= 0.3 is 5.97 Å². The highest BCUT2D eigenvalue weighted by Crippen LogP contribution is 1.96. The minimum atomic E-state index is -1.06. The summed E-state index contributed by atoms with van der Waals surface area (Å²) >= 11 is 0. The Labute approximate surface area is 90.0 Å². The molecule has 0 aliphatic carbocycles. The fraction of sp³-hybridized carbons (Fsp3) is 0.800. The number of likely N-dealkylation sites (N-methyl/N-ethyl adjacent to an activating group) is 1. The lowest BCUT2D eigenvalue weighted by Gasteiger charge is -2.20. The molecule has 88 valence electrons. The van der Waals surface area contributed by atoms with Crippen molar-refractivity contribution in [2.75, 3.05) is 26.3 Å². The van der Waals surface area contributed by atoms with Crippen LogP contribution in [0.3, 0.4) is 0 Å². The van der Waals surface area contributed by atoms with Gasteiger partial charge in [-0.25, -0.2) is 4.79 Å². The van der Waals surface area contributed by atoms with Crippen molar-refractivity contribution in [2.24, 2.45) is 0 Å². The number of rotatable bonds is 8. The molecule has 0 aliphatic heterocycles. The highest BCUT2D eigenvalue weighted by molar-refractivity contribution is 5.77. The zero-order chi connectivity index (χ0) is 11.7. The van der Waals surface area contributed by atoms with Gasteiger partial charge in [-0.3, -0.25) is 4.79 Å². The first-order valence-electron chi connectivity index (χ1n) is 5.19. The van der Waals surface area contributed by atoms with E-state index in [2.05, 4.69) is 6.92 Å². The van der Waals surface area contributed by atoms with Crippen LogP contribution >= 0.6 is 0 Å². The Morgan fingerprint density at radius 3 is 2.40 bits per heavy atom. The van der Waals surface area contributed by atoms with Crippen molar-refractivity contribution in [3.63, 3.8) is 0 Å². The highest BCUT2D eigenvalue weighted by atomic mass is 16.5. The summed E-state index contributed by atoms with van der Waals surface area (Å²) in [6, 6.07) is 0. The molecular formula is C10H19NO4. The number of carbonyl (C=O) groups excluding carboxylic acids is 1. The summed E-state index contributed by atoms with van der Waals surface area (Å²) in [5.74, 6) is -1.20. The van der Waals surface area contributed by atoms with E-state index in [9.17, 15) is 9.59 Å². The standard InChI is InChI=1S/C10H19NO4/c1-3-5-6-11(4-2)9(12)7-15-8-10(13)14/h3-8H2,1-2H3,(H,13,14). The largest absolute Gasteiger partial charge is 0.480 e. The maximum atomic E-state index is 11.5. The van der Waals surface area contributed by atoms with Gasteiger partial charge in [0.1, 0.15) is 13.2 Å². The number of amides is 1. The molecule has 0 atom stereocenters. The lowest BCUT2D eigenvalue weighted by Crippen LogP contribution is -2.35. The quantitative estimate of drug-likeness (QED) is 0.651. The van der Waals surface area contributed by atoms with E-state index in [1.165, 1.54) is 0 Å². The van der Waals surface area contributed by atoms with E-state index < -0.39 is 12.6 Å². The topological polar surface area (TPSA) is 66.8 Å². The molecule has 0 aromatic rings. The van der Waals surface area contributed by atoms with Crippen molar-refractivity contribution in [1.82, 2.24) is 4.90 Å². The molecule has 1 N–H and O–H groups in total. The zero-order valence-electron chi connectivity index (χ0n) is 9.36. The summed E-state index contributed by atoms with van der Waals surface area (Å²) in [6.07, 6.45) is 1.98. The molecule has 15 heavy (non-hydrogen) atoms. The fourth-order valence-electron chi connectivity index (χ4n) is 1.13. The Balaban J connectivity index is 3.77. The molecule has 0 radical (unpaired) electrons. The molecule has 5 nitrogen and oxygen atoms in total. The fourth-order valence-corrected chi connectivity index (χ4v) is 1.13. The summed E-state index contributed by atoms with van der Waals surface area (Å²) in [5.41, 5.74) is 0. The second kappa shape index (κ2) is 8.23. The van der Waals surface area contributed by atoms with Crippen molar-refractivity contribution < 1.29 is 19.4 Å². The average molecular weight is 217 g/mol. The van der Waals surface area contributed by atoms with Crippen molar-refractivity contribution in [3.8, 4) is 0 Å². The summed E-state index contributed by atoms with van der Waals surface area (Å²) in [4.78, 5) is 23.3. The first-order chi connectivity index (χ1) is 7.11. The zero-order valence-corrected chi connectivity index (χ0v) is 9.36. The number of unbranched alkanes of at least 4 members (excludes halogenated alkanes) is 1. The maximum Gasteiger partial charge on any atom is 0.329 e. The molecule has 0 rings (SSSR count). The molecule has 0 aromatic carbocycles. The number of carbonyl (C=O) groups is 2. The molecule has 0 fully saturated rings. The first kappa shape index (κ1) is 13.9. The molecule has 1 amide bonds. The summed E-state index contributed by atoms with van der Waals surface area (Å²) in [7, 11) is 0. The molecule has 5 heteroatoms. The number of carboxylic acid groups (broad SMARTS) is 1. The van der Waals surface area contributed by atoms with Gasteiger partial charge in [-0.2, -0.15) is 0 Å².